The summed E-state index contributed by atoms with van der Waals surface area (Å²) >= 11 is 13.5. The molecule has 0 aliphatic carbocycles. The fourth-order valence-corrected chi connectivity index (χ4v) is 3.80. The molecule has 0 fully saturated rings. The maximum absolute atomic E-state index is 12.4. The van der Waals surface area contributed by atoms with Crippen molar-refractivity contribution in [2.24, 2.45) is 0 Å². The SMILES string of the molecule is COc1cc(Cl)c2oc(=O)c(-c3nc(-c4ccc(Cl)cc4)cs3)cc2c1. The van der Waals surface area contributed by atoms with Crippen LogP contribution in [-0.2, 0) is 0 Å². The van der Waals surface area contributed by atoms with Crippen LogP contribution in [0.2, 0.25) is 10.0 Å². The van der Waals surface area contributed by atoms with Crippen LogP contribution in [0.15, 0.2) is 57.1 Å². The Hall–Kier alpha value is -2.34. The Morgan fingerprint density at radius 3 is 2.62 bits per heavy atom. The van der Waals surface area contributed by atoms with Gasteiger partial charge in [0, 0.05) is 27.4 Å². The second kappa shape index (κ2) is 6.76. The van der Waals surface area contributed by atoms with Gasteiger partial charge in [0.15, 0.2) is 5.58 Å². The van der Waals surface area contributed by atoms with E-state index in [-0.39, 0.29) is 0 Å². The molecular weight excluding hydrogens is 393 g/mol. The summed E-state index contributed by atoms with van der Waals surface area (Å²) in [5, 5.41) is 4.12. The first-order valence-electron chi connectivity index (χ1n) is 7.58. The summed E-state index contributed by atoms with van der Waals surface area (Å²) in [6.07, 6.45) is 0. The Bertz CT molecular complexity index is 1170. The first-order chi connectivity index (χ1) is 12.5. The summed E-state index contributed by atoms with van der Waals surface area (Å²) in [6, 6.07) is 12.5. The molecule has 0 spiro atoms. The molecule has 0 saturated heterocycles. The van der Waals surface area contributed by atoms with E-state index in [1.165, 1.54) is 11.3 Å². The van der Waals surface area contributed by atoms with Gasteiger partial charge in [-0.25, -0.2) is 9.78 Å². The third-order valence-electron chi connectivity index (χ3n) is 3.87. The van der Waals surface area contributed by atoms with Crippen molar-refractivity contribution in [1.29, 1.82) is 0 Å². The molecule has 4 rings (SSSR count). The number of fused-ring (bicyclic) bond motifs is 1. The summed E-state index contributed by atoms with van der Waals surface area (Å²) in [5.41, 5.74) is 1.92. The molecule has 0 radical (unpaired) electrons. The number of thiazole rings is 1. The van der Waals surface area contributed by atoms with E-state index >= 15 is 0 Å². The van der Waals surface area contributed by atoms with E-state index in [9.17, 15) is 4.79 Å². The van der Waals surface area contributed by atoms with Gasteiger partial charge in [0.05, 0.1) is 23.4 Å². The van der Waals surface area contributed by atoms with Crippen LogP contribution in [0.5, 0.6) is 5.75 Å². The number of halogens is 2. The summed E-state index contributed by atoms with van der Waals surface area (Å²) in [5.74, 6) is 0.586. The Morgan fingerprint density at radius 2 is 1.88 bits per heavy atom. The van der Waals surface area contributed by atoms with Gasteiger partial charge in [-0.1, -0.05) is 35.3 Å². The summed E-state index contributed by atoms with van der Waals surface area (Å²) < 4.78 is 10.6. The average Bonchev–Trinajstić information content (AvgIpc) is 3.12. The van der Waals surface area contributed by atoms with Gasteiger partial charge in [0.1, 0.15) is 10.8 Å². The van der Waals surface area contributed by atoms with Crippen LogP contribution in [-0.4, -0.2) is 12.1 Å². The van der Waals surface area contributed by atoms with Crippen molar-refractivity contribution in [2.75, 3.05) is 7.11 Å². The zero-order valence-electron chi connectivity index (χ0n) is 13.5. The second-order valence-corrected chi connectivity index (χ2v) is 7.22. The Labute approximate surface area is 162 Å². The second-order valence-electron chi connectivity index (χ2n) is 5.52. The predicted octanol–water partition coefficient (Wildman–Crippen LogP) is 5.90. The van der Waals surface area contributed by atoms with Crippen molar-refractivity contribution >= 4 is 45.5 Å². The van der Waals surface area contributed by atoms with Crippen LogP contribution >= 0.6 is 34.5 Å². The molecule has 0 N–H and O–H groups in total. The van der Waals surface area contributed by atoms with E-state index in [0.29, 0.717) is 37.3 Å². The zero-order valence-corrected chi connectivity index (χ0v) is 15.8. The minimum absolute atomic E-state index is 0.323. The molecule has 4 aromatic rings. The van der Waals surface area contributed by atoms with Crippen molar-refractivity contribution in [3.63, 3.8) is 0 Å². The Balaban J connectivity index is 1.83. The van der Waals surface area contributed by atoms with Gasteiger partial charge in [-0.15, -0.1) is 11.3 Å². The van der Waals surface area contributed by atoms with E-state index in [4.69, 9.17) is 32.4 Å². The van der Waals surface area contributed by atoms with Crippen LogP contribution in [0.25, 0.3) is 32.8 Å². The van der Waals surface area contributed by atoms with Gasteiger partial charge in [-0.3, -0.25) is 0 Å². The van der Waals surface area contributed by atoms with Crippen molar-refractivity contribution in [2.45, 2.75) is 0 Å². The van der Waals surface area contributed by atoms with Gasteiger partial charge in [0.2, 0.25) is 0 Å². The van der Waals surface area contributed by atoms with Crippen LogP contribution in [0, 0.1) is 0 Å². The lowest BCUT2D eigenvalue weighted by Gasteiger charge is -2.05. The number of hydrogen-bond acceptors (Lipinski definition) is 5. The van der Waals surface area contributed by atoms with Crippen molar-refractivity contribution < 1.29 is 9.15 Å². The predicted molar refractivity (Wildman–Crippen MR) is 106 cm³/mol. The van der Waals surface area contributed by atoms with Gasteiger partial charge in [-0.05, 0) is 24.3 Å². The maximum Gasteiger partial charge on any atom is 0.346 e. The summed E-state index contributed by atoms with van der Waals surface area (Å²) in [7, 11) is 1.55. The molecule has 26 heavy (non-hydrogen) atoms. The third-order valence-corrected chi connectivity index (χ3v) is 5.28. The highest BCUT2D eigenvalue weighted by Crippen LogP contribution is 2.33. The molecular formula is C19H11Cl2NO3S. The Morgan fingerprint density at radius 1 is 1.12 bits per heavy atom. The van der Waals surface area contributed by atoms with Crippen LogP contribution in [0.4, 0.5) is 0 Å². The van der Waals surface area contributed by atoms with E-state index < -0.39 is 5.63 Å². The van der Waals surface area contributed by atoms with E-state index in [0.717, 1.165) is 11.3 Å². The molecule has 0 aliphatic heterocycles. The highest BCUT2D eigenvalue weighted by Gasteiger charge is 2.15. The molecule has 0 atom stereocenters. The summed E-state index contributed by atoms with van der Waals surface area (Å²) in [4.78, 5) is 17.0. The van der Waals surface area contributed by atoms with Crippen LogP contribution in [0.3, 0.4) is 0 Å². The molecule has 2 aromatic heterocycles. The zero-order chi connectivity index (χ0) is 18.3. The molecule has 0 amide bonds. The quantitative estimate of drug-likeness (QED) is 0.399. The molecule has 2 heterocycles. The number of hydrogen-bond donors (Lipinski definition) is 0. The number of ether oxygens (including phenoxy) is 1. The highest BCUT2D eigenvalue weighted by molar-refractivity contribution is 7.13. The normalized spacial score (nSPS) is 11.0. The van der Waals surface area contributed by atoms with Crippen LogP contribution < -0.4 is 10.4 Å². The third kappa shape index (κ3) is 3.09. The molecule has 0 aliphatic rings. The molecule has 7 heteroatoms. The molecule has 0 unspecified atom stereocenters. The monoisotopic (exact) mass is 403 g/mol. The minimum atomic E-state index is -0.485. The molecule has 130 valence electrons. The number of methoxy groups -OCH3 is 1. The van der Waals surface area contributed by atoms with Gasteiger partial charge in [-0.2, -0.15) is 0 Å². The minimum Gasteiger partial charge on any atom is -0.497 e. The maximum atomic E-state index is 12.4. The Kier molecular flexibility index (Phi) is 4.44. The molecule has 0 saturated carbocycles. The molecule has 0 bridgehead atoms. The van der Waals surface area contributed by atoms with E-state index in [1.807, 2.05) is 17.5 Å². The van der Waals surface area contributed by atoms with Crippen molar-refractivity contribution in [1.82, 2.24) is 4.98 Å². The smallest absolute Gasteiger partial charge is 0.346 e. The van der Waals surface area contributed by atoms with Crippen LogP contribution in [0.1, 0.15) is 0 Å². The average molecular weight is 404 g/mol. The molecule has 4 nitrogen and oxygen atoms in total. The number of benzene rings is 2. The number of aromatic nitrogens is 1. The van der Waals surface area contributed by atoms with Crippen molar-refractivity contribution in [3.05, 3.63) is 68.3 Å². The fraction of sp³-hybridized carbons (Fsp3) is 0.0526. The molecule has 2 aromatic carbocycles. The van der Waals surface area contributed by atoms with Gasteiger partial charge >= 0.3 is 5.63 Å². The van der Waals surface area contributed by atoms with E-state index in [2.05, 4.69) is 4.98 Å². The van der Waals surface area contributed by atoms with Crippen molar-refractivity contribution in [3.8, 4) is 27.6 Å². The lowest BCUT2D eigenvalue weighted by atomic mass is 10.1. The first-order valence-corrected chi connectivity index (χ1v) is 9.22. The van der Waals surface area contributed by atoms with Gasteiger partial charge < -0.3 is 9.15 Å². The fourth-order valence-electron chi connectivity index (χ4n) is 2.58. The highest BCUT2D eigenvalue weighted by atomic mass is 35.5. The standard InChI is InChI=1S/C19H11Cl2NO3S/c1-24-13-6-11-7-14(19(23)25-17(11)15(21)8-13)18-22-16(9-26-18)10-2-4-12(20)5-3-10/h2-9H,1H3. The van der Waals surface area contributed by atoms with Gasteiger partial charge in [0.25, 0.3) is 0 Å². The number of nitrogens with zero attached hydrogens (tertiary/aromatic N) is 1. The largest absolute Gasteiger partial charge is 0.497 e. The first kappa shape index (κ1) is 17.1. The van der Waals surface area contributed by atoms with E-state index in [1.54, 1.807) is 37.4 Å². The topological polar surface area (TPSA) is 52.3 Å². The lowest BCUT2D eigenvalue weighted by Crippen LogP contribution is -2.02. The lowest BCUT2D eigenvalue weighted by molar-refractivity contribution is 0.415. The number of rotatable bonds is 3. The summed E-state index contributed by atoms with van der Waals surface area (Å²) in [6.45, 7) is 0.